The van der Waals surface area contributed by atoms with Crippen molar-refractivity contribution in [1.82, 2.24) is 0 Å². The molecule has 0 fully saturated rings. The summed E-state index contributed by atoms with van der Waals surface area (Å²) in [5.74, 6) is 0.303. The van der Waals surface area contributed by atoms with Gasteiger partial charge in [-0.1, -0.05) is 78.3 Å². The lowest BCUT2D eigenvalue weighted by atomic mass is 9.61. The molecule has 0 saturated heterocycles. The van der Waals surface area contributed by atoms with Gasteiger partial charge >= 0.3 is 7.48 Å². The molecule has 2 aromatic carbocycles. The quantitative estimate of drug-likeness (QED) is 0.582. The second-order valence-corrected chi connectivity index (χ2v) is 10.6. The molecule has 2 unspecified atom stereocenters. The van der Waals surface area contributed by atoms with Crippen molar-refractivity contribution in [2.75, 3.05) is 0 Å². The van der Waals surface area contributed by atoms with Gasteiger partial charge in [0.1, 0.15) is 0 Å². The van der Waals surface area contributed by atoms with Crippen LogP contribution in [0.25, 0.3) is 5.57 Å². The summed E-state index contributed by atoms with van der Waals surface area (Å²) in [5, 5.41) is 10.5. The fourth-order valence-corrected chi connectivity index (χ4v) is 5.41. The highest BCUT2D eigenvalue weighted by atomic mass is 16.5. The summed E-state index contributed by atoms with van der Waals surface area (Å²) in [7, 11) is 1.80. The van der Waals surface area contributed by atoms with E-state index >= 15 is 0 Å². The maximum absolute atomic E-state index is 10.5. The number of benzene rings is 1. The minimum Gasteiger partial charge on any atom is -0.427 e. The first-order valence-corrected chi connectivity index (χ1v) is 12.3. The lowest BCUT2D eigenvalue weighted by molar-refractivity contribution is -0.0893. The first-order valence-electron chi connectivity index (χ1n) is 12.3. The molecule has 0 aliphatic heterocycles. The molecule has 171 valence electrons. The topological polar surface area (TPSA) is 29.5 Å². The van der Waals surface area contributed by atoms with Crippen LogP contribution in [0.3, 0.4) is 0 Å². The van der Waals surface area contributed by atoms with E-state index in [2.05, 4.69) is 78.9 Å². The molecule has 0 spiro atoms. The molecule has 0 amide bonds. The normalized spacial score (nSPS) is 23.5. The lowest BCUT2D eigenvalue weighted by Crippen LogP contribution is -2.49. The highest BCUT2D eigenvalue weighted by Crippen LogP contribution is 2.59. The summed E-state index contributed by atoms with van der Waals surface area (Å²) in [6.07, 6.45) is 16.9. The molecule has 2 aromatic rings. The average molecular weight is 447 g/mol. The van der Waals surface area contributed by atoms with Crippen molar-refractivity contribution in [3.05, 3.63) is 107 Å². The van der Waals surface area contributed by atoms with Gasteiger partial charge in [-0.3, -0.25) is 0 Å². The van der Waals surface area contributed by atoms with Crippen LogP contribution in [0, 0.1) is 18.1 Å². The van der Waals surface area contributed by atoms with Crippen molar-refractivity contribution in [3.8, 4) is 0 Å². The van der Waals surface area contributed by atoms with Crippen LogP contribution in [0.2, 0.25) is 0 Å². The summed E-state index contributed by atoms with van der Waals surface area (Å²) in [6.45, 7) is 7.39. The van der Waals surface area contributed by atoms with Crippen LogP contribution in [0.4, 0.5) is 0 Å². The third-order valence-electron chi connectivity index (χ3n) is 7.95. The van der Waals surface area contributed by atoms with Gasteiger partial charge in [0.15, 0.2) is 0 Å². The molecular weight excluding hydrogens is 415 g/mol. The van der Waals surface area contributed by atoms with Crippen molar-refractivity contribution in [2.45, 2.75) is 63.6 Å². The van der Waals surface area contributed by atoms with Crippen LogP contribution in [0.1, 0.15) is 63.6 Å². The molecular formula is C31H32BO2. The average Bonchev–Trinajstić information content (AvgIpc) is 3.14. The van der Waals surface area contributed by atoms with Crippen LogP contribution >= 0.6 is 0 Å². The monoisotopic (exact) mass is 447 g/mol. The van der Waals surface area contributed by atoms with Gasteiger partial charge in [-0.25, -0.2) is 0 Å². The number of hydrogen-bond acceptors (Lipinski definition) is 2. The van der Waals surface area contributed by atoms with Gasteiger partial charge in [-0.2, -0.15) is 0 Å². The fourth-order valence-electron chi connectivity index (χ4n) is 5.41. The van der Waals surface area contributed by atoms with Gasteiger partial charge in [-0.15, -0.1) is 0 Å². The van der Waals surface area contributed by atoms with Crippen LogP contribution in [-0.4, -0.2) is 23.8 Å². The Balaban J connectivity index is 1.67. The van der Waals surface area contributed by atoms with Crippen LogP contribution in [-0.2, 0) is 10.1 Å². The molecule has 0 bridgehead atoms. The summed E-state index contributed by atoms with van der Waals surface area (Å²) in [6, 6.07) is 19.6. The highest BCUT2D eigenvalue weighted by Gasteiger charge is 2.52. The third-order valence-corrected chi connectivity index (χ3v) is 7.95. The highest BCUT2D eigenvalue weighted by molar-refractivity contribution is 6.47. The van der Waals surface area contributed by atoms with Gasteiger partial charge in [0.05, 0.1) is 16.6 Å². The van der Waals surface area contributed by atoms with Crippen molar-refractivity contribution >= 4 is 18.5 Å². The zero-order chi connectivity index (χ0) is 24.0. The van der Waals surface area contributed by atoms with Crippen molar-refractivity contribution < 1.29 is 9.76 Å². The molecule has 2 nitrogen and oxygen atoms in total. The van der Waals surface area contributed by atoms with E-state index in [-0.39, 0.29) is 5.41 Å². The zero-order valence-electron chi connectivity index (χ0n) is 20.6. The van der Waals surface area contributed by atoms with Gasteiger partial charge in [-0.05, 0) is 81.4 Å². The number of hydrogen-bond donors (Lipinski definition) is 1. The standard InChI is InChI=1S/C31H32BO2/c1-29(2,33)30(3,4)34-32-24-19-20-26-25-17-11-12-18-27(25)31(28(26)21-24,22-13-7-5-8-14-22)23-15-9-6-10-16-23/h5,7,9,11-13,15-17,19-21,27,33H,6,10,18H2,1-4H3. The maximum atomic E-state index is 10.5. The molecule has 5 rings (SSSR count). The molecule has 0 heterocycles. The molecule has 0 aromatic heterocycles. The Bertz CT molecular complexity index is 1190. The second kappa shape index (κ2) is 8.45. The Kier molecular flexibility index (Phi) is 5.71. The van der Waals surface area contributed by atoms with Gasteiger partial charge in [0, 0.05) is 11.5 Å². The predicted octanol–water partition coefficient (Wildman–Crippen LogP) is 5.63. The van der Waals surface area contributed by atoms with E-state index in [0.717, 1.165) is 30.3 Å². The van der Waals surface area contributed by atoms with Crippen molar-refractivity contribution in [2.24, 2.45) is 5.92 Å². The smallest absolute Gasteiger partial charge is 0.330 e. The van der Waals surface area contributed by atoms with E-state index < -0.39 is 11.2 Å². The summed E-state index contributed by atoms with van der Waals surface area (Å²) in [5.41, 5.74) is 5.46. The number of fused-ring (bicyclic) bond motifs is 3. The van der Waals surface area contributed by atoms with Gasteiger partial charge in [0.25, 0.3) is 0 Å². The van der Waals surface area contributed by atoms with E-state index in [9.17, 15) is 5.11 Å². The molecule has 2 atom stereocenters. The van der Waals surface area contributed by atoms with Crippen LogP contribution in [0.15, 0.2) is 78.4 Å². The summed E-state index contributed by atoms with van der Waals surface area (Å²) < 4.78 is 6.13. The van der Waals surface area contributed by atoms with Gasteiger partial charge in [0.2, 0.25) is 0 Å². The van der Waals surface area contributed by atoms with E-state index in [1.165, 1.54) is 22.3 Å². The van der Waals surface area contributed by atoms with Gasteiger partial charge < -0.3 is 9.76 Å². The maximum Gasteiger partial charge on any atom is 0.330 e. The zero-order valence-corrected chi connectivity index (χ0v) is 20.6. The van der Waals surface area contributed by atoms with E-state index in [1.807, 2.05) is 19.9 Å². The number of aliphatic hydroxyl groups is 1. The first-order chi connectivity index (χ1) is 16.2. The Morgan fingerprint density at radius 2 is 1.97 bits per heavy atom. The minimum atomic E-state index is -0.970. The SMILES string of the molecule is CC(C)(O)C(C)(C)O[B]c1ccc2c(c1)C(C1=CCCC=C1)(c1c#cccc1)C1CC=CC=C21. The fraction of sp³-hybridized carbons (Fsp3) is 0.355. The van der Waals surface area contributed by atoms with Crippen LogP contribution in [0.5, 0.6) is 0 Å². The molecule has 1 N–H and O–H groups in total. The lowest BCUT2D eigenvalue weighted by Gasteiger charge is -2.39. The minimum absolute atomic E-state index is 0.303. The van der Waals surface area contributed by atoms with E-state index in [4.69, 9.17) is 4.65 Å². The molecule has 1 radical (unpaired) electrons. The molecule has 0 saturated carbocycles. The third kappa shape index (κ3) is 3.61. The van der Waals surface area contributed by atoms with E-state index in [1.54, 1.807) is 21.3 Å². The summed E-state index contributed by atoms with van der Waals surface area (Å²) >= 11 is 0. The first kappa shape index (κ1) is 23.0. The molecule has 34 heavy (non-hydrogen) atoms. The Labute approximate surface area is 205 Å². The number of rotatable bonds is 6. The largest absolute Gasteiger partial charge is 0.427 e. The Morgan fingerprint density at radius 3 is 2.68 bits per heavy atom. The molecule has 3 aliphatic carbocycles. The van der Waals surface area contributed by atoms with Crippen LogP contribution < -0.4 is 5.46 Å². The summed E-state index contributed by atoms with van der Waals surface area (Å²) in [4.78, 5) is 0. The Morgan fingerprint density at radius 1 is 1.12 bits per heavy atom. The predicted molar refractivity (Wildman–Crippen MR) is 140 cm³/mol. The Hall–Kier alpha value is -2.80. The number of allylic oxidation sites excluding steroid dienone is 8. The van der Waals surface area contributed by atoms with Crippen molar-refractivity contribution in [3.63, 3.8) is 0 Å². The second-order valence-electron chi connectivity index (χ2n) is 10.6. The van der Waals surface area contributed by atoms with E-state index in [0.29, 0.717) is 5.92 Å². The van der Waals surface area contributed by atoms with Crippen molar-refractivity contribution in [1.29, 1.82) is 0 Å². The molecule has 3 aliphatic rings. The molecule has 3 heteroatoms.